The van der Waals surface area contributed by atoms with E-state index < -0.39 is 81.5 Å². The van der Waals surface area contributed by atoms with Gasteiger partial charge in [-0.15, -0.1) is 0 Å². The van der Waals surface area contributed by atoms with E-state index in [0.29, 0.717) is 43.4 Å². The Balaban J connectivity index is 1.49. The predicted molar refractivity (Wildman–Crippen MR) is 257 cm³/mol. The van der Waals surface area contributed by atoms with E-state index in [4.69, 9.17) is 19.9 Å². The van der Waals surface area contributed by atoms with Crippen molar-refractivity contribution in [2.45, 2.75) is 77.8 Å². The highest BCUT2D eigenvalue weighted by Gasteiger charge is 2.34. The molecular weight excluding hydrogens is 983 g/mol. The first kappa shape index (κ1) is 54.1. The molecule has 0 bridgehead atoms. The molecule has 0 saturated heterocycles. The molecule has 23 heteroatoms. The Morgan fingerprint density at radius 3 is 2.22 bits per heavy atom. The van der Waals surface area contributed by atoms with Crippen molar-refractivity contribution in [3.8, 4) is 17.9 Å². The zero-order valence-corrected chi connectivity index (χ0v) is 40.8. The number of allylic oxidation sites excluding steroid dienone is 1. The van der Waals surface area contributed by atoms with Crippen LogP contribution in [-0.2, 0) is 40.6 Å². The number of benzene rings is 3. The molecule has 6 amide bonds. The number of methoxy groups -OCH3 is 1. The largest absolute Gasteiger partial charge is 0.496 e. The average Bonchev–Trinajstić information content (AvgIpc) is 3.64. The Morgan fingerprint density at radius 2 is 1.62 bits per heavy atom. The lowest BCUT2D eigenvalue weighted by Gasteiger charge is -2.27. The number of alkyl carbamates (subject to hydrolysis) is 1. The number of halogens is 1. The van der Waals surface area contributed by atoms with Gasteiger partial charge in [-0.1, -0.05) is 41.9 Å². The molecule has 3 aromatic carbocycles. The number of anilines is 1. The van der Waals surface area contributed by atoms with Crippen LogP contribution in [0.15, 0.2) is 71.3 Å². The number of nitriles is 2. The van der Waals surface area contributed by atoms with Gasteiger partial charge < -0.3 is 46.5 Å². The number of nitrogens with two attached hydrogens (primary N) is 1. The number of amides is 6. The normalized spacial score (nSPS) is 12.9. The molecule has 0 radical (unpaired) electrons. The van der Waals surface area contributed by atoms with Gasteiger partial charge in [0.1, 0.15) is 41.8 Å². The second-order valence-electron chi connectivity index (χ2n) is 16.7. The fraction of sp³-hybridized carbons (Fsp3) is 0.348. The fourth-order valence-electron chi connectivity index (χ4n) is 6.62. The minimum atomic E-state index is -4.83. The summed E-state index contributed by atoms with van der Waals surface area (Å²) in [6.07, 6.45) is 1.25. The number of primary amides is 1. The quantitative estimate of drug-likeness (QED) is 0.0355. The van der Waals surface area contributed by atoms with E-state index in [1.807, 2.05) is 0 Å². The van der Waals surface area contributed by atoms with Crippen LogP contribution in [0.5, 0.6) is 5.75 Å². The number of hydrogen-bond donors (Lipinski definition) is 7. The summed E-state index contributed by atoms with van der Waals surface area (Å²) in [5, 5.41) is 32.4. The Morgan fingerprint density at radius 1 is 0.928 bits per heavy atom. The summed E-state index contributed by atoms with van der Waals surface area (Å²) >= 11 is 3.46. The average molecular weight is 1030 g/mol. The minimum absolute atomic E-state index is 0.0306. The third-order valence-electron chi connectivity index (χ3n) is 9.85. The van der Waals surface area contributed by atoms with E-state index in [2.05, 4.69) is 54.7 Å². The molecule has 4 aromatic rings. The molecule has 3 atom stereocenters. The molecule has 1 heterocycles. The molecular formula is C46H52BrN9O12S. The van der Waals surface area contributed by atoms with Gasteiger partial charge in [0.2, 0.25) is 17.7 Å². The number of ether oxygens (including phenoxy) is 3. The van der Waals surface area contributed by atoms with Crippen molar-refractivity contribution in [2.24, 2.45) is 11.7 Å². The second kappa shape index (κ2) is 24.0. The number of nitrogens with one attached hydrogen (secondary N) is 5. The van der Waals surface area contributed by atoms with Gasteiger partial charge in [0, 0.05) is 39.4 Å². The van der Waals surface area contributed by atoms with E-state index in [1.165, 1.54) is 50.8 Å². The smallest absolute Gasteiger partial charge is 0.418 e. The van der Waals surface area contributed by atoms with Gasteiger partial charge >= 0.3 is 18.2 Å². The molecule has 1 aromatic heterocycles. The van der Waals surface area contributed by atoms with E-state index >= 15 is 0 Å². The lowest BCUT2D eigenvalue weighted by Crippen LogP contribution is -2.59. The summed E-state index contributed by atoms with van der Waals surface area (Å²) in [7, 11) is -3.36. The number of fused-ring (bicyclic) bond motifs is 1. The van der Waals surface area contributed by atoms with Crippen molar-refractivity contribution in [1.29, 1.82) is 10.5 Å². The molecule has 366 valence electrons. The molecule has 0 spiro atoms. The zero-order valence-electron chi connectivity index (χ0n) is 38.4. The number of urea groups is 1. The second-order valence-corrected chi connectivity index (χ2v) is 19.1. The lowest BCUT2D eigenvalue weighted by molar-refractivity contribution is -0.132. The number of carbonyl (C=O) groups excluding carboxylic acids is 6. The van der Waals surface area contributed by atoms with Crippen molar-refractivity contribution in [2.75, 3.05) is 24.7 Å². The maximum atomic E-state index is 13.7. The first-order valence-corrected chi connectivity index (χ1v) is 23.5. The van der Waals surface area contributed by atoms with Crippen LogP contribution >= 0.6 is 15.9 Å². The van der Waals surface area contributed by atoms with Crippen molar-refractivity contribution in [1.82, 2.24) is 25.8 Å². The monoisotopic (exact) mass is 1030 g/mol. The number of hydrogen-bond acceptors (Lipinski definition) is 13. The molecule has 4 rings (SSSR count). The van der Waals surface area contributed by atoms with Gasteiger partial charge in [0.15, 0.2) is 0 Å². The summed E-state index contributed by atoms with van der Waals surface area (Å²) < 4.78 is 51.2. The highest BCUT2D eigenvalue weighted by Crippen LogP contribution is 2.33. The molecule has 0 fully saturated rings. The minimum Gasteiger partial charge on any atom is -0.496 e. The Hall–Kier alpha value is -7.47. The van der Waals surface area contributed by atoms with Crippen molar-refractivity contribution in [3.63, 3.8) is 0 Å². The number of carbonyl (C=O) groups is 6. The molecule has 1 unspecified atom stereocenters. The molecule has 0 aliphatic carbocycles. The molecule has 0 saturated carbocycles. The topological polar surface area (TPSA) is 323 Å². The van der Waals surface area contributed by atoms with Gasteiger partial charge in [0.25, 0.3) is 10.1 Å². The SMILES string of the molecule is COc1ccc(C#N)cc1/C=C(\C#N)c1cn(C(=O)OCc2ccc(NC(=O)[C@H](CCCNC(N)=O)NC(=O)[C@@H](NC(=O)C(CS(=O)(=O)O)NC(=O)OC(C)(C)C)C(C)C)cc2)c2ccc(Br)cc12. The summed E-state index contributed by atoms with van der Waals surface area (Å²) in [5.41, 5.74) is 6.83. The molecule has 0 aliphatic heterocycles. The van der Waals surface area contributed by atoms with Crippen LogP contribution in [0, 0.1) is 28.6 Å². The Labute approximate surface area is 406 Å². The van der Waals surface area contributed by atoms with Crippen LogP contribution in [0.4, 0.5) is 20.1 Å². The van der Waals surface area contributed by atoms with Crippen LogP contribution in [-0.4, -0.2) is 96.6 Å². The zero-order chi connectivity index (χ0) is 51.2. The van der Waals surface area contributed by atoms with E-state index in [1.54, 1.807) is 68.5 Å². The van der Waals surface area contributed by atoms with Crippen LogP contribution in [0.1, 0.15) is 69.7 Å². The molecule has 69 heavy (non-hydrogen) atoms. The Kier molecular flexibility index (Phi) is 18.8. The van der Waals surface area contributed by atoms with Gasteiger partial charge in [-0.25, -0.2) is 14.4 Å². The van der Waals surface area contributed by atoms with Gasteiger partial charge in [-0.3, -0.25) is 23.5 Å². The lowest BCUT2D eigenvalue weighted by atomic mass is 10.0. The first-order valence-electron chi connectivity index (χ1n) is 21.1. The fourth-order valence-corrected chi connectivity index (χ4v) is 7.64. The van der Waals surface area contributed by atoms with Crippen LogP contribution in [0.3, 0.4) is 0 Å². The van der Waals surface area contributed by atoms with Crippen LogP contribution < -0.4 is 37.1 Å². The van der Waals surface area contributed by atoms with Crippen molar-refractivity contribution >= 4 is 90.2 Å². The maximum absolute atomic E-state index is 13.7. The van der Waals surface area contributed by atoms with E-state index in [0.717, 1.165) is 0 Å². The molecule has 21 nitrogen and oxygen atoms in total. The standard InChI is InChI=1S/C46H52BrN9O12S/c1-26(2)39(55-41(58)36(25-69(63,64)65)54-44(61)68-46(3,4)5)42(59)53-35(8-7-17-51-43(50)60)40(57)52-32-13-9-27(10-14-32)24-67-45(62)56-23-34(33-20-31(47)12-15-37(33)56)30(22-49)19-29-18-28(21-48)11-16-38(29)66-6/h9-16,18-20,23,26,35-36,39H,7-8,17,24-25H2,1-6H3,(H,52,57)(H,53,59)(H,54,61)(H,55,58)(H3,50,51,60)(H,63,64,65)/b30-19+/t35-,36?,39-/m0/s1. The maximum Gasteiger partial charge on any atom is 0.418 e. The van der Waals surface area contributed by atoms with Crippen LogP contribution in [0.2, 0.25) is 0 Å². The number of aromatic nitrogens is 1. The van der Waals surface area contributed by atoms with Crippen molar-refractivity contribution in [3.05, 3.63) is 93.6 Å². The summed E-state index contributed by atoms with van der Waals surface area (Å²) in [4.78, 5) is 78.1. The highest BCUT2D eigenvalue weighted by atomic mass is 79.9. The van der Waals surface area contributed by atoms with Crippen molar-refractivity contribution < 1.29 is 55.9 Å². The predicted octanol–water partition coefficient (Wildman–Crippen LogP) is 5.33. The van der Waals surface area contributed by atoms with Crippen LogP contribution in [0.25, 0.3) is 22.6 Å². The molecule has 8 N–H and O–H groups in total. The third kappa shape index (κ3) is 16.4. The van der Waals surface area contributed by atoms with Gasteiger partial charge in [-0.05, 0) is 99.7 Å². The van der Waals surface area contributed by atoms with Gasteiger partial charge in [-0.2, -0.15) is 18.9 Å². The third-order valence-corrected chi connectivity index (χ3v) is 11.1. The summed E-state index contributed by atoms with van der Waals surface area (Å²) in [6, 6.07) is 15.1. The van der Waals surface area contributed by atoms with Gasteiger partial charge in [0.05, 0.1) is 35.9 Å². The molecule has 0 aliphatic rings. The highest BCUT2D eigenvalue weighted by molar-refractivity contribution is 9.10. The summed E-state index contributed by atoms with van der Waals surface area (Å²) in [5.74, 6) is -4.17. The number of nitrogens with zero attached hydrogens (tertiary/aromatic N) is 3. The van der Waals surface area contributed by atoms with E-state index in [-0.39, 0.29) is 37.3 Å². The Bertz CT molecular complexity index is 2810. The first-order chi connectivity index (χ1) is 32.4. The summed E-state index contributed by atoms with van der Waals surface area (Å²) in [6.45, 7) is 7.56. The number of rotatable bonds is 19. The van der Waals surface area contributed by atoms with E-state index in [9.17, 15) is 52.3 Å².